The van der Waals surface area contributed by atoms with E-state index in [1.807, 2.05) is 61.5 Å². The van der Waals surface area contributed by atoms with Gasteiger partial charge in [0.15, 0.2) is 0 Å². The van der Waals surface area contributed by atoms with Crippen molar-refractivity contribution in [3.05, 3.63) is 139 Å². The van der Waals surface area contributed by atoms with E-state index in [2.05, 4.69) is 5.32 Å². The second-order valence-corrected chi connectivity index (χ2v) is 13.7. The number of amides is 1. The van der Waals surface area contributed by atoms with Gasteiger partial charge in [-0.2, -0.15) is 0 Å². The minimum atomic E-state index is -1.09. The van der Waals surface area contributed by atoms with Gasteiger partial charge in [0.05, 0.1) is 34.4 Å². The van der Waals surface area contributed by atoms with Crippen LogP contribution in [0, 0.1) is 13.8 Å². The Morgan fingerprint density at radius 2 is 1.06 bits per heavy atom. The summed E-state index contributed by atoms with van der Waals surface area (Å²) in [5.41, 5.74) is 10.9. The van der Waals surface area contributed by atoms with E-state index < -0.39 is 22.3 Å². The van der Waals surface area contributed by atoms with Gasteiger partial charge in [0.1, 0.15) is 11.1 Å². The van der Waals surface area contributed by atoms with Crippen molar-refractivity contribution >= 4 is 57.9 Å². The smallest absolute Gasteiger partial charge is 0.332 e. The molecule has 0 heterocycles. The molecule has 0 bridgehead atoms. The topological polar surface area (TPSA) is 125 Å². The second kappa shape index (κ2) is 17.3. The third kappa shape index (κ3) is 9.37. The fourth-order valence-corrected chi connectivity index (χ4v) is 7.23. The molecule has 0 saturated heterocycles. The molecule has 0 fully saturated rings. The summed E-state index contributed by atoms with van der Waals surface area (Å²) in [6.07, 6.45) is 2.00. The number of hydrogen-bond donors (Lipinski definition) is 2. The fraction of sp³-hybridized carbons (Fsp3) is 0.300. The van der Waals surface area contributed by atoms with Gasteiger partial charge in [-0.3, -0.25) is 14.4 Å². The first kappa shape index (κ1) is 39.6. The highest BCUT2D eigenvalue weighted by molar-refractivity contribution is 6.69. The highest BCUT2D eigenvalue weighted by atomic mass is 35.5. The minimum Gasteiger partial charge on any atom is -0.465 e. The van der Waals surface area contributed by atoms with E-state index in [1.54, 1.807) is 51.1 Å². The number of esters is 2. The number of carbonyl (C=O) groups is 4. The summed E-state index contributed by atoms with van der Waals surface area (Å²) in [6, 6.07) is 26.3. The Hall–Kier alpha value is -4.21. The van der Waals surface area contributed by atoms with E-state index in [-0.39, 0.29) is 18.5 Å². The molecule has 0 unspecified atom stereocenters. The summed E-state index contributed by atoms with van der Waals surface area (Å²) in [5.74, 6) is -1.06. The summed E-state index contributed by atoms with van der Waals surface area (Å²) < 4.78 is 10.3. The molecule has 6 rings (SSSR count). The van der Waals surface area contributed by atoms with Crippen LogP contribution in [0.3, 0.4) is 0 Å². The van der Waals surface area contributed by atoms with Crippen LogP contribution in [0.4, 0.5) is 0 Å². The molecular weight excluding hydrogens is 711 g/mol. The van der Waals surface area contributed by atoms with Crippen molar-refractivity contribution in [2.75, 3.05) is 13.2 Å². The van der Waals surface area contributed by atoms with Crippen molar-refractivity contribution in [1.82, 2.24) is 5.32 Å². The number of halogens is 3. The maximum Gasteiger partial charge on any atom is 0.332 e. The van der Waals surface area contributed by atoms with Crippen LogP contribution in [0.2, 0.25) is 10.0 Å². The zero-order valence-corrected chi connectivity index (χ0v) is 31.3. The molecule has 1 amide bonds. The number of nitrogens with two attached hydrogens (primary N) is 1. The number of hydrogen-bond acceptors (Lipinski definition) is 7. The molecule has 0 aliphatic heterocycles. The van der Waals surface area contributed by atoms with Gasteiger partial charge in [-0.25, -0.2) is 4.79 Å². The van der Waals surface area contributed by atoms with Gasteiger partial charge in [0.25, 0.3) is 11.1 Å². The van der Waals surface area contributed by atoms with Crippen LogP contribution in [-0.2, 0) is 44.7 Å². The van der Waals surface area contributed by atoms with E-state index in [4.69, 9.17) is 50.0 Å². The standard InChI is InChI=1S/C20H20ClNO3.C12H15NO2.C8H6Cl2O/c1-3-25-19(24)20(11-14-8-4-5-9-15(14)12-20)22-18(23)17-13(2)7-6-10-16(17)21;1-2-15-11(14)12(13)7-9-5-3-4-6-10(9)8-12;1-5-3-2-4-6(9)7(5)8(10)11/h4-10H,3,11-12H2,1-2H3,(H,22,23);3-6H,2,7-8,13H2,1H3;2-4H,1H3. The molecule has 3 N–H and O–H groups in total. The molecule has 0 radical (unpaired) electrons. The first-order valence-corrected chi connectivity index (χ1v) is 17.7. The van der Waals surface area contributed by atoms with Crippen molar-refractivity contribution < 1.29 is 28.7 Å². The van der Waals surface area contributed by atoms with Crippen LogP contribution in [0.15, 0.2) is 84.9 Å². The van der Waals surface area contributed by atoms with Crippen molar-refractivity contribution in [3.63, 3.8) is 0 Å². The van der Waals surface area contributed by atoms with E-state index in [9.17, 15) is 19.2 Å². The van der Waals surface area contributed by atoms with Gasteiger partial charge in [-0.15, -0.1) is 0 Å². The normalized spacial score (nSPS) is 14.4. The lowest BCUT2D eigenvalue weighted by atomic mass is 9.94. The number of carbonyl (C=O) groups excluding carboxylic acids is 4. The summed E-state index contributed by atoms with van der Waals surface area (Å²) in [5, 5.41) is 3.19. The van der Waals surface area contributed by atoms with Crippen molar-refractivity contribution in [1.29, 1.82) is 0 Å². The number of fused-ring (bicyclic) bond motifs is 2. The van der Waals surface area contributed by atoms with Crippen LogP contribution in [-0.4, -0.2) is 47.4 Å². The lowest BCUT2D eigenvalue weighted by molar-refractivity contribution is -0.150. The van der Waals surface area contributed by atoms with Crippen LogP contribution >= 0.6 is 34.8 Å². The molecule has 2 aliphatic carbocycles. The number of benzene rings is 4. The molecule has 0 saturated carbocycles. The quantitative estimate of drug-likeness (QED) is 0.148. The summed E-state index contributed by atoms with van der Waals surface area (Å²) in [4.78, 5) is 48.1. The van der Waals surface area contributed by atoms with Crippen molar-refractivity contribution in [3.8, 4) is 0 Å². The lowest BCUT2D eigenvalue weighted by Crippen LogP contribution is -2.56. The Morgan fingerprint density at radius 3 is 1.45 bits per heavy atom. The largest absolute Gasteiger partial charge is 0.465 e. The van der Waals surface area contributed by atoms with E-state index in [0.29, 0.717) is 53.5 Å². The zero-order chi connectivity index (χ0) is 37.3. The van der Waals surface area contributed by atoms with Crippen LogP contribution < -0.4 is 11.1 Å². The van der Waals surface area contributed by atoms with E-state index in [0.717, 1.165) is 33.4 Å². The molecule has 4 aromatic carbocycles. The molecule has 4 aromatic rings. The Labute approximate surface area is 313 Å². The molecule has 8 nitrogen and oxygen atoms in total. The molecule has 2 aliphatic rings. The predicted molar refractivity (Wildman–Crippen MR) is 201 cm³/mol. The molecule has 0 atom stereocenters. The second-order valence-electron chi connectivity index (χ2n) is 12.5. The summed E-state index contributed by atoms with van der Waals surface area (Å²) in [7, 11) is 0. The van der Waals surface area contributed by atoms with Crippen LogP contribution in [0.5, 0.6) is 0 Å². The Bertz CT molecular complexity index is 1840. The average Bonchev–Trinajstić information content (AvgIpc) is 3.63. The third-order valence-corrected chi connectivity index (χ3v) is 9.62. The summed E-state index contributed by atoms with van der Waals surface area (Å²) in [6.45, 7) is 7.81. The highest BCUT2D eigenvalue weighted by Crippen LogP contribution is 2.33. The van der Waals surface area contributed by atoms with Crippen molar-refractivity contribution in [2.45, 2.75) is 64.5 Å². The molecular formula is C40H41Cl3N2O6. The highest BCUT2D eigenvalue weighted by Gasteiger charge is 2.47. The zero-order valence-electron chi connectivity index (χ0n) is 29.0. The maximum atomic E-state index is 12.9. The first-order chi connectivity index (χ1) is 24.2. The van der Waals surface area contributed by atoms with Gasteiger partial charge in [0, 0.05) is 25.7 Å². The van der Waals surface area contributed by atoms with E-state index >= 15 is 0 Å². The van der Waals surface area contributed by atoms with Gasteiger partial charge in [-0.1, -0.05) is 96.0 Å². The lowest BCUT2D eigenvalue weighted by Gasteiger charge is -2.28. The predicted octanol–water partition coefficient (Wildman–Crippen LogP) is 7.55. The molecule has 51 heavy (non-hydrogen) atoms. The first-order valence-electron chi connectivity index (χ1n) is 16.5. The van der Waals surface area contributed by atoms with Crippen molar-refractivity contribution in [2.24, 2.45) is 5.73 Å². The molecule has 0 spiro atoms. The SMILES string of the molecule is CCOC(=O)C1(N)Cc2ccccc2C1.CCOC(=O)C1(NC(=O)c2c(C)cccc2Cl)Cc2ccccc2C1.Cc1cccc(Cl)c1C(=O)Cl. The van der Waals surface area contributed by atoms with Gasteiger partial charge >= 0.3 is 11.9 Å². The molecule has 268 valence electrons. The monoisotopic (exact) mass is 750 g/mol. The number of nitrogens with one attached hydrogen (secondary N) is 1. The minimum absolute atomic E-state index is 0.262. The summed E-state index contributed by atoms with van der Waals surface area (Å²) >= 11 is 17.2. The average molecular weight is 752 g/mol. The maximum absolute atomic E-state index is 12.9. The number of rotatable bonds is 7. The van der Waals surface area contributed by atoms with Gasteiger partial charge < -0.3 is 20.5 Å². The molecule has 0 aromatic heterocycles. The fourth-order valence-electron chi connectivity index (χ4n) is 6.31. The van der Waals surface area contributed by atoms with Crippen LogP contribution in [0.25, 0.3) is 0 Å². The Balaban J connectivity index is 0.000000190. The van der Waals surface area contributed by atoms with Gasteiger partial charge in [0.2, 0.25) is 0 Å². The van der Waals surface area contributed by atoms with Crippen LogP contribution in [0.1, 0.15) is 67.9 Å². The molecule has 11 heteroatoms. The Morgan fingerprint density at radius 1 is 0.647 bits per heavy atom. The number of ether oxygens (including phenoxy) is 2. The third-order valence-electron chi connectivity index (χ3n) is 8.80. The van der Waals surface area contributed by atoms with Gasteiger partial charge in [-0.05, 0) is 84.8 Å². The number of aryl methyl sites for hydroxylation is 2. The Kier molecular flexibility index (Phi) is 13.5. The van der Waals surface area contributed by atoms with E-state index in [1.165, 1.54) is 0 Å².